The average molecular weight is 306 g/mol. The first-order valence-corrected chi connectivity index (χ1v) is 6.97. The Hall–Kier alpha value is -2.30. The molecule has 0 aliphatic heterocycles. The van der Waals surface area contributed by atoms with Crippen molar-refractivity contribution in [3.8, 4) is 5.75 Å². The van der Waals surface area contributed by atoms with Crippen LogP contribution in [-0.2, 0) is 19.1 Å². The van der Waals surface area contributed by atoms with Crippen molar-refractivity contribution in [3.05, 3.63) is 41.5 Å². The Labute approximate surface area is 130 Å². The zero-order valence-corrected chi connectivity index (χ0v) is 13.6. The van der Waals surface area contributed by atoms with Gasteiger partial charge in [-0.15, -0.1) is 0 Å². The molecule has 1 aromatic carbocycles. The van der Waals surface area contributed by atoms with E-state index < -0.39 is 12.1 Å². The van der Waals surface area contributed by atoms with Crippen molar-refractivity contribution in [1.82, 2.24) is 0 Å². The monoisotopic (exact) mass is 306 g/mol. The number of esters is 2. The topological polar surface area (TPSA) is 61.8 Å². The van der Waals surface area contributed by atoms with Crippen LogP contribution in [0.5, 0.6) is 5.75 Å². The number of ether oxygens (including phenoxy) is 3. The van der Waals surface area contributed by atoms with Gasteiger partial charge in [-0.25, -0.2) is 4.79 Å². The van der Waals surface area contributed by atoms with Gasteiger partial charge < -0.3 is 14.2 Å². The summed E-state index contributed by atoms with van der Waals surface area (Å²) in [4.78, 5) is 22.6. The van der Waals surface area contributed by atoms with E-state index in [-0.39, 0.29) is 11.9 Å². The molecule has 0 aliphatic carbocycles. The van der Waals surface area contributed by atoms with Crippen molar-refractivity contribution >= 4 is 11.9 Å². The van der Waals surface area contributed by atoms with Crippen LogP contribution in [0.1, 0.15) is 30.9 Å². The largest absolute Gasteiger partial charge is 0.496 e. The third-order valence-electron chi connectivity index (χ3n) is 3.25. The summed E-state index contributed by atoms with van der Waals surface area (Å²) in [6.07, 6.45) is 2.53. The molecule has 1 rings (SSSR count). The van der Waals surface area contributed by atoms with E-state index in [2.05, 4.69) is 4.74 Å². The van der Waals surface area contributed by atoms with Crippen LogP contribution >= 0.6 is 0 Å². The summed E-state index contributed by atoms with van der Waals surface area (Å²) < 4.78 is 15.3. The molecule has 2 atom stereocenters. The predicted octanol–water partition coefficient (Wildman–Crippen LogP) is 2.77. The molecule has 5 heteroatoms. The van der Waals surface area contributed by atoms with E-state index in [9.17, 15) is 9.59 Å². The van der Waals surface area contributed by atoms with Crippen LogP contribution in [0.3, 0.4) is 0 Å². The summed E-state index contributed by atoms with van der Waals surface area (Å²) in [5.74, 6) is -0.488. The molecule has 0 aromatic heterocycles. The van der Waals surface area contributed by atoms with Gasteiger partial charge in [0, 0.05) is 24.5 Å². The molecule has 0 bridgehead atoms. The Bertz CT molecular complexity index is 562. The second-order valence-corrected chi connectivity index (χ2v) is 4.97. The van der Waals surface area contributed by atoms with Crippen molar-refractivity contribution in [3.63, 3.8) is 0 Å². The van der Waals surface area contributed by atoms with Crippen molar-refractivity contribution in [2.75, 3.05) is 14.2 Å². The second-order valence-electron chi connectivity index (χ2n) is 4.97. The molecule has 0 radical (unpaired) electrons. The van der Waals surface area contributed by atoms with Gasteiger partial charge in [-0.2, -0.15) is 0 Å². The van der Waals surface area contributed by atoms with Crippen LogP contribution in [0, 0.1) is 6.92 Å². The molecule has 0 saturated heterocycles. The minimum Gasteiger partial charge on any atom is -0.496 e. The number of aryl methyl sites for hydroxylation is 1. The summed E-state index contributed by atoms with van der Waals surface area (Å²) in [5, 5.41) is 0. The van der Waals surface area contributed by atoms with E-state index in [0.29, 0.717) is 5.75 Å². The summed E-state index contributed by atoms with van der Waals surface area (Å²) in [6, 6.07) is 5.74. The third kappa shape index (κ3) is 4.91. The van der Waals surface area contributed by atoms with E-state index in [1.807, 2.05) is 25.1 Å². The lowest BCUT2D eigenvalue weighted by atomic mass is 9.92. The van der Waals surface area contributed by atoms with Crippen molar-refractivity contribution in [2.24, 2.45) is 0 Å². The highest BCUT2D eigenvalue weighted by Gasteiger charge is 2.23. The lowest BCUT2D eigenvalue weighted by molar-refractivity contribution is -0.146. The molecule has 0 saturated carbocycles. The number of hydrogen-bond donors (Lipinski definition) is 0. The van der Waals surface area contributed by atoms with Gasteiger partial charge in [0.05, 0.1) is 14.2 Å². The average Bonchev–Trinajstić information content (AvgIpc) is 2.47. The minimum atomic E-state index is -0.467. The first-order valence-electron chi connectivity index (χ1n) is 6.97. The summed E-state index contributed by atoms with van der Waals surface area (Å²) in [6.45, 7) is 5.08. The highest BCUT2D eigenvalue weighted by atomic mass is 16.5. The fourth-order valence-electron chi connectivity index (χ4n) is 2.19. The van der Waals surface area contributed by atoms with Gasteiger partial charge in [0.25, 0.3) is 0 Å². The Kier molecular flexibility index (Phi) is 6.63. The number of rotatable bonds is 6. The van der Waals surface area contributed by atoms with Gasteiger partial charge in [-0.3, -0.25) is 4.79 Å². The van der Waals surface area contributed by atoms with Crippen LogP contribution in [-0.4, -0.2) is 32.3 Å². The van der Waals surface area contributed by atoms with Crippen LogP contribution in [0.4, 0.5) is 0 Å². The summed E-state index contributed by atoms with van der Waals surface area (Å²) >= 11 is 0. The number of hydrogen-bond acceptors (Lipinski definition) is 5. The predicted molar refractivity (Wildman–Crippen MR) is 82.9 cm³/mol. The fourth-order valence-corrected chi connectivity index (χ4v) is 2.19. The third-order valence-corrected chi connectivity index (χ3v) is 3.25. The van der Waals surface area contributed by atoms with Gasteiger partial charge in [-0.05, 0) is 25.5 Å². The second kappa shape index (κ2) is 8.22. The van der Waals surface area contributed by atoms with Crippen LogP contribution in [0.15, 0.2) is 30.4 Å². The summed E-state index contributed by atoms with van der Waals surface area (Å²) in [5.41, 5.74) is 1.89. The minimum absolute atomic E-state index is 0.321. The quantitative estimate of drug-likeness (QED) is 0.597. The lowest BCUT2D eigenvalue weighted by Crippen LogP contribution is -2.21. The van der Waals surface area contributed by atoms with Gasteiger partial charge in [-0.1, -0.05) is 18.2 Å². The standard InChI is InChI=1S/C17H22O5/c1-11-6-7-15(16(10-11)20-4)14(8-9-17(19)21-5)12(2)22-13(3)18/h6-10,12,14H,1-5H3/b9-8+/t12-,14-/m0/s1. The van der Waals surface area contributed by atoms with Gasteiger partial charge in [0.15, 0.2) is 0 Å². The van der Waals surface area contributed by atoms with Crippen molar-refractivity contribution < 1.29 is 23.8 Å². The maximum absolute atomic E-state index is 11.4. The van der Waals surface area contributed by atoms with Crippen LogP contribution < -0.4 is 4.74 Å². The first kappa shape index (κ1) is 17.8. The molecule has 120 valence electrons. The van der Waals surface area contributed by atoms with Crippen LogP contribution in [0.2, 0.25) is 0 Å². The number of methoxy groups -OCH3 is 2. The first-order chi connectivity index (χ1) is 10.4. The highest BCUT2D eigenvalue weighted by Crippen LogP contribution is 2.32. The highest BCUT2D eigenvalue weighted by molar-refractivity contribution is 5.82. The van der Waals surface area contributed by atoms with E-state index in [4.69, 9.17) is 9.47 Å². The molecule has 0 spiro atoms. The summed E-state index contributed by atoms with van der Waals surface area (Å²) in [7, 11) is 2.89. The number of carbonyl (C=O) groups excluding carboxylic acids is 2. The molecule has 0 amide bonds. The smallest absolute Gasteiger partial charge is 0.330 e. The van der Waals surface area contributed by atoms with Gasteiger partial charge >= 0.3 is 11.9 Å². The van der Waals surface area contributed by atoms with E-state index in [1.54, 1.807) is 20.1 Å². The maximum Gasteiger partial charge on any atom is 0.330 e. The molecule has 1 aromatic rings. The molecule has 0 N–H and O–H groups in total. The zero-order chi connectivity index (χ0) is 16.7. The van der Waals surface area contributed by atoms with Gasteiger partial charge in [0.1, 0.15) is 11.9 Å². The normalized spacial score (nSPS) is 13.5. The molecule has 5 nitrogen and oxygen atoms in total. The van der Waals surface area contributed by atoms with E-state index in [0.717, 1.165) is 11.1 Å². The Morgan fingerprint density at radius 3 is 2.45 bits per heavy atom. The van der Waals surface area contributed by atoms with E-state index in [1.165, 1.54) is 20.1 Å². The van der Waals surface area contributed by atoms with Crippen molar-refractivity contribution in [2.45, 2.75) is 32.8 Å². The zero-order valence-electron chi connectivity index (χ0n) is 13.6. The number of benzene rings is 1. The van der Waals surface area contributed by atoms with Crippen LogP contribution in [0.25, 0.3) is 0 Å². The lowest BCUT2D eigenvalue weighted by Gasteiger charge is -2.23. The molecule has 0 heterocycles. The molecule has 22 heavy (non-hydrogen) atoms. The Morgan fingerprint density at radius 2 is 1.91 bits per heavy atom. The number of carbonyl (C=O) groups is 2. The fraction of sp³-hybridized carbons (Fsp3) is 0.412. The van der Waals surface area contributed by atoms with E-state index >= 15 is 0 Å². The Balaban J connectivity index is 3.21. The van der Waals surface area contributed by atoms with Crippen molar-refractivity contribution in [1.29, 1.82) is 0 Å². The molecule has 0 unspecified atom stereocenters. The molecular weight excluding hydrogens is 284 g/mol. The SMILES string of the molecule is COC(=O)/C=C/[C@H](c1ccc(C)cc1OC)[C@H](C)OC(C)=O. The Morgan fingerprint density at radius 1 is 1.23 bits per heavy atom. The molecule has 0 fully saturated rings. The van der Waals surface area contributed by atoms with Gasteiger partial charge in [0.2, 0.25) is 0 Å². The molecule has 0 aliphatic rings. The maximum atomic E-state index is 11.4. The molecular formula is C17H22O5.